The smallest absolute Gasteiger partial charge is 0.337 e. The van der Waals surface area contributed by atoms with Gasteiger partial charge >= 0.3 is 5.97 Å². The van der Waals surface area contributed by atoms with Crippen LogP contribution in [0.1, 0.15) is 21.5 Å². The molecule has 0 unspecified atom stereocenters. The van der Waals surface area contributed by atoms with Crippen LogP contribution in [0.25, 0.3) is 10.9 Å². The molecule has 1 heterocycles. The Morgan fingerprint density at radius 2 is 2.07 bits per heavy atom. The number of aliphatic imine (C=N–C) groups is 1. The molecule has 7 nitrogen and oxygen atoms in total. The summed E-state index contributed by atoms with van der Waals surface area (Å²) in [5.41, 5.74) is 11.8. The van der Waals surface area contributed by atoms with Gasteiger partial charge in [0, 0.05) is 34.2 Å². The molecular weight excluding hydrogens is 378 g/mol. The quantitative estimate of drug-likeness (QED) is 0.257. The number of nitrogens with zero attached hydrogens (tertiary/aromatic N) is 2. The zero-order valence-electron chi connectivity index (χ0n) is 15.3. The van der Waals surface area contributed by atoms with Gasteiger partial charge in [0.05, 0.1) is 18.9 Å². The van der Waals surface area contributed by atoms with Gasteiger partial charge in [-0.2, -0.15) is 5.10 Å². The van der Waals surface area contributed by atoms with Gasteiger partial charge in [-0.3, -0.25) is 4.99 Å². The van der Waals surface area contributed by atoms with E-state index in [9.17, 15) is 4.79 Å². The van der Waals surface area contributed by atoms with Gasteiger partial charge in [0.1, 0.15) is 0 Å². The topological polar surface area (TPSA) is 105 Å². The highest BCUT2D eigenvalue weighted by atomic mass is 35.5. The zero-order valence-corrected chi connectivity index (χ0v) is 16.0. The summed E-state index contributed by atoms with van der Waals surface area (Å²) in [6.07, 6.45) is 4.16. The SMILES string of the molecule is COC(=O)c1ccc2[nH]cc(/C=N/NC(N)=NCCc3ccc(Cl)cc3)c2c1. The summed E-state index contributed by atoms with van der Waals surface area (Å²) >= 11 is 5.86. The third-order valence-electron chi connectivity index (χ3n) is 4.11. The fourth-order valence-corrected chi connectivity index (χ4v) is 2.78. The minimum absolute atomic E-state index is 0.223. The van der Waals surface area contributed by atoms with Crippen molar-refractivity contribution < 1.29 is 9.53 Å². The Balaban J connectivity index is 1.60. The number of aromatic nitrogens is 1. The van der Waals surface area contributed by atoms with E-state index < -0.39 is 0 Å². The van der Waals surface area contributed by atoms with E-state index in [-0.39, 0.29) is 11.9 Å². The number of H-pyrrole nitrogens is 1. The number of nitrogens with two attached hydrogens (primary N) is 1. The van der Waals surface area contributed by atoms with E-state index in [1.54, 1.807) is 24.5 Å². The second kappa shape index (κ2) is 9.05. The monoisotopic (exact) mass is 397 g/mol. The van der Waals surface area contributed by atoms with Gasteiger partial charge in [-0.15, -0.1) is 0 Å². The Labute approximate surface area is 167 Å². The predicted molar refractivity (Wildman–Crippen MR) is 112 cm³/mol. The normalized spacial score (nSPS) is 11.9. The maximum atomic E-state index is 11.7. The van der Waals surface area contributed by atoms with Gasteiger partial charge in [-0.1, -0.05) is 23.7 Å². The van der Waals surface area contributed by atoms with Crippen molar-refractivity contribution in [3.63, 3.8) is 0 Å². The molecule has 0 atom stereocenters. The number of benzene rings is 2. The lowest BCUT2D eigenvalue weighted by atomic mass is 10.1. The summed E-state index contributed by atoms with van der Waals surface area (Å²) in [4.78, 5) is 19.1. The number of esters is 1. The van der Waals surface area contributed by atoms with Crippen molar-refractivity contribution in [1.82, 2.24) is 10.4 Å². The number of rotatable bonds is 6. The van der Waals surface area contributed by atoms with Crippen LogP contribution in [-0.4, -0.2) is 36.8 Å². The lowest BCUT2D eigenvalue weighted by Crippen LogP contribution is -2.27. The Hall–Kier alpha value is -3.32. The van der Waals surface area contributed by atoms with Crippen molar-refractivity contribution >= 4 is 40.6 Å². The van der Waals surface area contributed by atoms with Gasteiger partial charge in [0.15, 0.2) is 0 Å². The Morgan fingerprint density at radius 1 is 1.29 bits per heavy atom. The first-order valence-electron chi connectivity index (χ1n) is 8.59. The summed E-state index contributed by atoms with van der Waals surface area (Å²) in [6, 6.07) is 12.9. The molecule has 3 aromatic rings. The average molecular weight is 398 g/mol. The van der Waals surface area contributed by atoms with Crippen molar-refractivity contribution in [3.8, 4) is 0 Å². The largest absolute Gasteiger partial charge is 0.465 e. The molecular formula is C20H20ClN5O2. The van der Waals surface area contributed by atoms with Crippen LogP contribution in [0.5, 0.6) is 0 Å². The van der Waals surface area contributed by atoms with E-state index in [1.807, 2.05) is 30.3 Å². The molecule has 0 aliphatic heterocycles. The summed E-state index contributed by atoms with van der Waals surface area (Å²) in [5, 5.41) is 5.67. The van der Waals surface area contributed by atoms with Crippen molar-refractivity contribution in [3.05, 3.63) is 70.4 Å². The van der Waals surface area contributed by atoms with Crippen LogP contribution in [-0.2, 0) is 11.2 Å². The van der Waals surface area contributed by atoms with Crippen LogP contribution in [0.2, 0.25) is 5.02 Å². The van der Waals surface area contributed by atoms with Crippen LogP contribution in [0.4, 0.5) is 0 Å². The van der Waals surface area contributed by atoms with Gasteiger partial charge in [-0.25, -0.2) is 10.2 Å². The number of hydrazone groups is 1. The van der Waals surface area contributed by atoms with E-state index in [2.05, 4.69) is 20.5 Å². The summed E-state index contributed by atoms with van der Waals surface area (Å²) in [6.45, 7) is 0.533. The molecule has 0 fully saturated rings. The third-order valence-corrected chi connectivity index (χ3v) is 4.37. The first kappa shape index (κ1) is 19.4. The van der Waals surface area contributed by atoms with Gasteiger partial charge < -0.3 is 15.5 Å². The molecule has 4 N–H and O–H groups in total. The number of carbonyl (C=O) groups is 1. The third kappa shape index (κ3) is 4.89. The van der Waals surface area contributed by atoms with Crippen molar-refractivity contribution in [1.29, 1.82) is 0 Å². The summed E-state index contributed by atoms with van der Waals surface area (Å²) < 4.78 is 4.76. The minimum atomic E-state index is -0.388. The standard InChI is InChI=1S/C20H20ClN5O2/c1-28-19(27)14-4-7-18-17(10-14)15(11-24-18)12-25-26-20(22)23-9-8-13-2-5-16(21)6-3-13/h2-7,10-12,24H,8-9H2,1H3,(H3,22,23,26)/b25-12+. The molecule has 28 heavy (non-hydrogen) atoms. The molecule has 0 radical (unpaired) electrons. The van der Waals surface area contributed by atoms with Gasteiger partial charge in [0.2, 0.25) is 5.96 Å². The van der Waals surface area contributed by atoms with Crippen molar-refractivity contribution in [2.24, 2.45) is 15.8 Å². The number of fused-ring (bicyclic) bond motifs is 1. The number of methoxy groups -OCH3 is 1. The number of guanidine groups is 1. The molecule has 1 aromatic heterocycles. The number of hydrogen-bond acceptors (Lipinski definition) is 4. The molecule has 2 aromatic carbocycles. The zero-order chi connectivity index (χ0) is 19.9. The molecule has 0 saturated heterocycles. The fourth-order valence-electron chi connectivity index (χ4n) is 2.65. The molecule has 0 aliphatic rings. The molecule has 3 rings (SSSR count). The van der Waals surface area contributed by atoms with E-state index in [4.69, 9.17) is 22.1 Å². The summed E-state index contributed by atoms with van der Waals surface area (Å²) in [5.74, 6) is -0.165. The van der Waals surface area contributed by atoms with Crippen LogP contribution in [0, 0.1) is 0 Å². The molecule has 0 bridgehead atoms. The number of halogens is 1. The number of hydrogen-bond donors (Lipinski definition) is 3. The minimum Gasteiger partial charge on any atom is -0.465 e. The number of nitrogens with one attached hydrogen (secondary N) is 2. The van der Waals surface area contributed by atoms with E-state index in [1.165, 1.54) is 7.11 Å². The Bertz CT molecular complexity index is 1020. The molecule has 144 valence electrons. The highest BCUT2D eigenvalue weighted by Gasteiger charge is 2.08. The lowest BCUT2D eigenvalue weighted by Gasteiger charge is -2.01. The van der Waals surface area contributed by atoms with E-state index >= 15 is 0 Å². The fraction of sp³-hybridized carbons (Fsp3) is 0.150. The highest BCUT2D eigenvalue weighted by Crippen LogP contribution is 2.19. The number of ether oxygens (including phenoxy) is 1. The number of carbonyl (C=O) groups excluding carboxylic acids is 1. The average Bonchev–Trinajstić information content (AvgIpc) is 3.11. The van der Waals surface area contributed by atoms with Crippen LogP contribution >= 0.6 is 11.6 Å². The molecule has 0 saturated carbocycles. The summed E-state index contributed by atoms with van der Waals surface area (Å²) in [7, 11) is 1.35. The van der Waals surface area contributed by atoms with E-state index in [0.717, 1.165) is 28.5 Å². The van der Waals surface area contributed by atoms with Crippen LogP contribution in [0.3, 0.4) is 0 Å². The molecule has 0 aliphatic carbocycles. The molecule has 0 spiro atoms. The Morgan fingerprint density at radius 3 is 2.82 bits per heavy atom. The second-order valence-corrected chi connectivity index (χ2v) is 6.45. The van der Waals surface area contributed by atoms with Crippen molar-refractivity contribution in [2.45, 2.75) is 6.42 Å². The van der Waals surface area contributed by atoms with Crippen LogP contribution < -0.4 is 11.2 Å². The lowest BCUT2D eigenvalue weighted by molar-refractivity contribution is 0.0601. The predicted octanol–water partition coefficient (Wildman–Crippen LogP) is 3.09. The first-order chi connectivity index (χ1) is 13.6. The maximum absolute atomic E-state index is 11.7. The van der Waals surface area contributed by atoms with E-state index in [0.29, 0.717) is 17.1 Å². The van der Waals surface area contributed by atoms with Gasteiger partial charge in [-0.05, 0) is 42.3 Å². The molecule has 0 amide bonds. The first-order valence-corrected chi connectivity index (χ1v) is 8.97. The van der Waals surface area contributed by atoms with Crippen molar-refractivity contribution in [2.75, 3.05) is 13.7 Å². The number of aromatic amines is 1. The van der Waals surface area contributed by atoms with Gasteiger partial charge in [0.25, 0.3) is 0 Å². The Kier molecular flexibility index (Phi) is 6.29. The maximum Gasteiger partial charge on any atom is 0.337 e. The molecule has 8 heteroatoms. The van der Waals surface area contributed by atoms with Crippen LogP contribution in [0.15, 0.2) is 58.8 Å². The second-order valence-electron chi connectivity index (χ2n) is 6.01. The highest BCUT2D eigenvalue weighted by molar-refractivity contribution is 6.30.